The molecule has 0 radical (unpaired) electrons. The summed E-state index contributed by atoms with van der Waals surface area (Å²) in [7, 11) is 0. The Morgan fingerprint density at radius 2 is 1.97 bits per heavy atom. The van der Waals surface area contributed by atoms with Crippen LogP contribution in [-0.4, -0.2) is 34.1 Å². The summed E-state index contributed by atoms with van der Waals surface area (Å²) in [6, 6.07) is 7.53. The van der Waals surface area contributed by atoms with Gasteiger partial charge in [-0.1, -0.05) is 37.6 Å². The molecule has 4 N–H and O–H groups in total. The molecule has 0 aliphatic carbocycles. The van der Waals surface area contributed by atoms with Crippen molar-refractivity contribution in [3.05, 3.63) is 46.4 Å². The van der Waals surface area contributed by atoms with Crippen LogP contribution in [0.2, 0.25) is 5.15 Å². The lowest BCUT2D eigenvalue weighted by molar-refractivity contribution is 0.0525. The van der Waals surface area contributed by atoms with Crippen molar-refractivity contribution in [2.75, 3.05) is 11.9 Å². The molecule has 0 unspecified atom stereocenters. The maximum atomic E-state index is 11.9. The first-order chi connectivity index (χ1) is 14.0. The lowest BCUT2D eigenvalue weighted by Gasteiger charge is -2.21. The number of nitrogens with two attached hydrogens (primary N) is 1. The fourth-order valence-corrected chi connectivity index (χ4v) is 2.92. The average molecular weight is 434 g/mol. The number of hydrogen-bond donors (Lipinski definition) is 3. The minimum Gasteiger partial charge on any atom is -0.444 e. The summed E-state index contributed by atoms with van der Waals surface area (Å²) >= 11 is 6.15. The molecule has 8 nitrogen and oxygen atoms in total. The number of nitrogens with zero attached hydrogens (tertiary/aromatic N) is 2. The number of hydrogen-bond acceptors (Lipinski definition) is 6. The number of alkyl carbamates (subject to hydrolysis) is 1. The molecule has 1 heterocycles. The highest BCUT2D eigenvalue weighted by Gasteiger charge is 2.18. The molecule has 2 aromatic rings. The standard InChI is InChI=1S/C21H28ClN5O3/c1-6-15-17(22)27-19(16(26-15)18(23)28)25-14-9-7-8-13(10-14)12(2)11-24-20(29)30-21(3,4)5/h7-10,12H,6,11H2,1-5H3,(H2,23,28)(H,24,29)(H,25,27)/t12-/m0/s1. The first kappa shape index (κ1) is 23.4. The Bertz CT molecular complexity index is 927. The summed E-state index contributed by atoms with van der Waals surface area (Å²) in [5, 5.41) is 6.05. The van der Waals surface area contributed by atoms with Gasteiger partial charge >= 0.3 is 6.09 Å². The second-order valence-electron chi connectivity index (χ2n) is 7.91. The molecule has 2 amide bonds. The highest BCUT2D eigenvalue weighted by atomic mass is 35.5. The van der Waals surface area contributed by atoms with Gasteiger partial charge in [-0.15, -0.1) is 0 Å². The van der Waals surface area contributed by atoms with Crippen molar-refractivity contribution in [1.82, 2.24) is 15.3 Å². The number of primary amides is 1. The number of carbonyl (C=O) groups is 2. The smallest absolute Gasteiger partial charge is 0.407 e. The van der Waals surface area contributed by atoms with Gasteiger partial charge in [0.05, 0.1) is 5.69 Å². The molecular formula is C21H28ClN5O3. The van der Waals surface area contributed by atoms with Crippen LogP contribution in [-0.2, 0) is 11.2 Å². The molecule has 0 spiro atoms. The Morgan fingerprint density at radius 1 is 1.27 bits per heavy atom. The van der Waals surface area contributed by atoms with E-state index in [4.69, 9.17) is 22.1 Å². The third-order valence-corrected chi connectivity index (χ3v) is 4.46. The third kappa shape index (κ3) is 6.59. The number of halogens is 1. The molecule has 0 bridgehead atoms. The van der Waals surface area contributed by atoms with Crippen molar-refractivity contribution in [2.24, 2.45) is 5.73 Å². The largest absolute Gasteiger partial charge is 0.444 e. The van der Waals surface area contributed by atoms with Crippen LogP contribution in [0.15, 0.2) is 24.3 Å². The number of ether oxygens (including phenoxy) is 1. The van der Waals surface area contributed by atoms with E-state index in [1.54, 1.807) is 0 Å². The maximum absolute atomic E-state index is 11.9. The van der Waals surface area contributed by atoms with Gasteiger partial charge in [0.25, 0.3) is 5.91 Å². The Hall–Kier alpha value is -2.87. The number of amides is 2. The second-order valence-corrected chi connectivity index (χ2v) is 8.27. The molecule has 0 aliphatic heterocycles. The number of aromatic nitrogens is 2. The monoisotopic (exact) mass is 433 g/mol. The van der Waals surface area contributed by atoms with Crippen molar-refractivity contribution in [3.63, 3.8) is 0 Å². The summed E-state index contributed by atoms with van der Waals surface area (Å²) < 4.78 is 5.26. The lowest BCUT2D eigenvalue weighted by atomic mass is 10.0. The van der Waals surface area contributed by atoms with E-state index in [1.165, 1.54) is 0 Å². The molecule has 0 aliphatic rings. The highest BCUT2D eigenvalue weighted by molar-refractivity contribution is 6.30. The molecule has 0 fully saturated rings. The quantitative estimate of drug-likeness (QED) is 0.603. The number of anilines is 2. The normalized spacial score (nSPS) is 12.2. The fourth-order valence-electron chi connectivity index (χ4n) is 2.66. The SMILES string of the molecule is CCc1nc(C(N)=O)c(Nc2cccc([C@@H](C)CNC(=O)OC(C)(C)C)c2)nc1Cl. The molecule has 162 valence electrons. The number of rotatable bonds is 7. The summed E-state index contributed by atoms with van der Waals surface area (Å²) in [4.78, 5) is 32.1. The van der Waals surface area contributed by atoms with Gasteiger partial charge < -0.3 is 21.1 Å². The van der Waals surface area contributed by atoms with Crippen LogP contribution < -0.4 is 16.4 Å². The van der Waals surface area contributed by atoms with Crippen LogP contribution in [0.4, 0.5) is 16.3 Å². The zero-order chi connectivity index (χ0) is 22.5. The molecule has 1 aromatic carbocycles. The van der Waals surface area contributed by atoms with Crippen molar-refractivity contribution in [3.8, 4) is 0 Å². The zero-order valence-electron chi connectivity index (χ0n) is 17.9. The van der Waals surface area contributed by atoms with E-state index < -0.39 is 17.6 Å². The van der Waals surface area contributed by atoms with Crippen LogP contribution in [0.1, 0.15) is 62.3 Å². The highest BCUT2D eigenvalue weighted by Crippen LogP contribution is 2.25. The molecule has 2 rings (SSSR count). The molecule has 9 heteroatoms. The lowest BCUT2D eigenvalue weighted by Crippen LogP contribution is -2.34. The van der Waals surface area contributed by atoms with Crippen molar-refractivity contribution in [1.29, 1.82) is 0 Å². The van der Waals surface area contributed by atoms with Gasteiger partial charge in [0, 0.05) is 12.2 Å². The molecule has 1 aromatic heterocycles. The summed E-state index contributed by atoms with van der Waals surface area (Å²) in [6.07, 6.45) is 0.0694. The summed E-state index contributed by atoms with van der Waals surface area (Å²) in [5.74, 6) is -0.476. The number of carbonyl (C=O) groups excluding carboxylic acids is 2. The predicted molar refractivity (Wildman–Crippen MR) is 117 cm³/mol. The summed E-state index contributed by atoms with van der Waals surface area (Å²) in [5.41, 5.74) is 7.10. The van der Waals surface area contributed by atoms with Gasteiger partial charge in [-0.05, 0) is 50.8 Å². The second kappa shape index (κ2) is 9.75. The number of aryl methyl sites for hydroxylation is 1. The topological polar surface area (TPSA) is 119 Å². The van der Waals surface area contributed by atoms with E-state index in [0.717, 1.165) is 5.56 Å². The molecular weight excluding hydrogens is 406 g/mol. The van der Waals surface area contributed by atoms with Crippen molar-refractivity contribution >= 4 is 35.1 Å². The van der Waals surface area contributed by atoms with Gasteiger partial charge in [0.2, 0.25) is 0 Å². The van der Waals surface area contributed by atoms with E-state index in [1.807, 2.05) is 58.9 Å². The minimum absolute atomic E-state index is 0.0204. The third-order valence-electron chi connectivity index (χ3n) is 4.16. The molecule has 0 saturated carbocycles. The van der Waals surface area contributed by atoms with Crippen molar-refractivity contribution < 1.29 is 14.3 Å². The van der Waals surface area contributed by atoms with E-state index >= 15 is 0 Å². The van der Waals surface area contributed by atoms with Crippen LogP contribution in [0.25, 0.3) is 0 Å². The van der Waals surface area contributed by atoms with E-state index in [9.17, 15) is 9.59 Å². The Kier molecular flexibility index (Phi) is 7.61. The first-order valence-electron chi connectivity index (χ1n) is 9.70. The predicted octanol–water partition coefficient (Wildman–Crippen LogP) is 4.16. The Morgan fingerprint density at radius 3 is 2.57 bits per heavy atom. The van der Waals surface area contributed by atoms with Crippen LogP contribution in [0, 0.1) is 0 Å². The van der Waals surface area contributed by atoms with Crippen LogP contribution >= 0.6 is 11.6 Å². The Balaban J connectivity index is 2.15. The first-order valence-corrected chi connectivity index (χ1v) is 10.1. The van der Waals surface area contributed by atoms with E-state index in [0.29, 0.717) is 24.3 Å². The minimum atomic E-state index is -0.692. The zero-order valence-corrected chi connectivity index (χ0v) is 18.6. The van der Waals surface area contributed by atoms with Gasteiger partial charge in [0.1, 0.15) is 5.60 Å². The van der Waals surface area contributed by atoms with Gasteiger partial charge in [0.15, 0.2) is 16.7 Å². The maximum Gasteiger partial charge on any atom is 0.407 e. The van der Waals surface area contributed by atoms with Gasteiger partial charge in [-0.3, -0.25) is 4.79 Å². The number of nitrogens with one attached hydrogen (secondary N) is 2. The molecule has 30 heavy (non-hydrogen) atoms. The van der Waals surface area contributed by atoms with E-state index in [-0.39, 0.29) is 22.6 Å². The number of benzene rings is 1. The van der Waals surface area contributed by atoms with Gasteiger partial charge in [-0.2, -0.15) is 0 Å². The molecule has 0 saturated heterocycles. The van der Waals surface area contributed by atoms with Gasteiger partial charge in [-0.25, -0.2) is 14.8 Å². The van der Waals surface area contributed by atoms with Crippen molar-refractivity contribution in [2.45, 2.75) is 52.6 Å². The Labute approximate surface area is 181 Å². The van der Waals surface area contributed by atoms with Crippen LogP contribution in [0.5, 0.6) is 0 Å². The average Bonchev–Trinajstić information content (AvgIpc) is 2.65. The summed E-state index contributed by atoms with van der Waals surface area (Å²) in [6.45, 7) is 9.69. The van der Waals surface area contributed by atoms with Crippen LogP contribution in [0.3, 0.4) is 0 Å². The fraction of sp³-hybridized carbons (Fsp3) is 0.429. The molecule has 1 atom stereocenters. The van der Waals surface area contributed by atoms with E-state index in [2.05, 4.69) is 20.6 Å².